The molecule has 0 radical (unpaired) electrons. The van der Waals surface area contributed by atoms with E-state index in [1.165, 1.54) is 18.4 Å². The van der Waals surface area contributed by atoms with Gasteiger partial charge in [-0.3, -0.25) is 0 Å². The van der Waals surface area contributed by atoms with Crippen LogP contribution in [-0.4, -0.2) is 0 Å². The highest BCUT2D eigenvalue weighted by atomic mass is 14.1. The van der Waals surface area contributed by atoms with E-state index < -0.39 is 0 Å². The summed E-state index contributed by atoms with van der Waals surface area (Å²) in [7, 11) is 0. The largest absolute Gasteiger partial charge is 0.0802 e. The summed E-state index contributed by atoms with van der Waals surface area (Å²) in [5.41, 5.74) is 3.08. The maximum absolute atomic E-state index is 2.23. The van der Waals surface area contributed by atoms with Crippen molar-refractivity contribution >= 4 is 0 Å². The molecular formula is C10H18. The van der Waals surface area contributed by atoms with Crippen molar-refractivity contribution in [2.45, 2.75) is 40.5 Å². The van der Waals surface area contributed by atoms with E-state index in [1.54, 1.807) is 5.57 Å². The highest BCUT2D eigenvalue weighted by molar-refractivity contribution is 5.31. The molecule has 0 bridgehead atoms. The van der Waals surface area contributed by atoms with Gasteiger partial charge in [0.2, 0.25) is 0 Å². The van der Waals surface area contributed by atoms with Crippen LogP contribution in [0.25, 0.3) is 0 Å². The molecule has 0 heteroatoms. The standard InChI is InChI=1S/C8H12.C2H6/c1-3-8-6-4-5-7(8)2;1-2/h4,6H,3,5H2,1-2H3;1-2H3. The first-order valence-electron chi connectivity index (χ1n) is 4.19. The minimum absolute atomic E-state index is 1.18. The first kappa shape index (κ1) is 9.48. The third-order valence-electron chi connectivity index (χ3n) is 1.67. The van der Waals surface area contributed by atoms with Crippen LogP contribution in [0.5, 0.6) is 0 Å². The molecule has 0 nitrogen and oxygen atoms in total. The van der Waals surface area contributed by atoms with Crippen LogP contribution in [0.4, 0.5) is 0 Å². The number of hydrogen-bond acceptors (Lipinski definition) is 0. The van der Waals surface area contributed by atoms with Gasteiger partial charge in [-0.1, -0.05) is 38.5 Å². The summed E-state index contributed by atoms with van der Waals surface area (Å²) in [6.07, 6.45) is 6.84. The Morgan fingerprint density at radius 3 is 2.20 bits per heavy atom. The van der Waals surface area contributed by atoms with E-state index in [4.69, 9.17) is 0 Å². The lowest BCUT2D eigenvalue weighted by Gasteiger charge is -1.93. The van der Waals surface area contributed by atoms with Crippen molar-refractivity contribution in [1.82, 2.24) is 0 Å². The van der Waals surface area contributed by atoms with Gasteiger partial charge in [0, 0.05) is 0 Å². The zero-order valence-electron chi connectivity index (χ0n) is 7.57. The van der Waals surface area contributed by atoms with Crippen LogP contribution in [-0.2, 0) is 0 Å². The third-order valence-corrected chi connectivity index (χ3v) is 1.67. The molecule has 0 N–H and O–H groups in total. The van der Waals surface area contributed by atoms with Gasteiger partial charge in [-0.2, -0.15) is 0 Å². The van der Waals surface area contributed by atoms with Gasteiger partial charge in [-0.15, -0.1) is 0 Å². The van der Waals surface area contributed by atoms with Gasteiger partial charge in [-0.25, -0.2) is 0 Å². The minimum Gasteiger partial charge on any atom is -0.0802 e. The van der Waals surface area contributed by atoms with Crippen molar-refractivity contribution in [1.29, 1.82) is 0 Å². The normalized spacial score (nSPS) is 15.2. The second kappa shape index (κ2) is 5.28. The predicted molar refractivity (Wildman–Crippen MR) is 48.1 cm³/mol. The minimum atomic E-state index is 1.18. The Kier molecular flexibility index (Phi) is 5.00. The molecule has 0 aromatic rings. The van der Waals surface area contributed by atoms with Crippen molar-refractivity contribution < 1.29 is 0 Å². The lowest BCUT2D eigenvalue weighted by atomic mass is 10.1. The van der Waals surface area contributed by atoms with Crippen LogP contribution in [0.15, 0.2) is 23.3 Å². The fourth-order valence-corrected chi connectivity index (χ4v) is 1.07. The second-order valence-electron chi connectivity index (χ2n) is 2.27. The predicted octanol–water partition coefficient (Wildman–Crippen LogP) is 3.70. The molecule has 0 spiro atoms. The van der Waals surface area contributed by atoms with E-state index in [-0.39, 0.29) is 0 Å². The summed E-state index contributed by atoms with van der Waals surface area (Å²) >= 11 is 0. The number of rotatable bonds is 1. The molecule has 0 saturated heterocycles. The average molecular weight is 138 g/mol. The Morgan fingerprint density at radius 1 is 1.40 bits per heavy atom. The molecule has 10 heavy (non-hydrogen) atoms. The zero-order valence-corrected chi connectivity index (χ0v) is 7.57. The maximum Gasteiger partial charge on any atom is -0.0133 e. The van der Waals surface area contributed by atoms with Crippen molar-refractivity contribution in [3.63, 3.8) is 0 Å². The Balaban J connectivity index is 0.000000371. The monoisotopic (exact) mass is 138 g/mol. The molecule has 1 aliphatic rings. The Morgan fingerprint density at radius 2 is 2.00 bits per heavy atom. The molecule has 1 rings (SSSR count). The van der Waals surface area contributed by atoms with Crippen molar-refractivity contribution in [2.75, 3.05) is 0 Å². The Hall–Kier alpha value is -0.520. The highest BCUT2D eigenvalue weighted by Gasteiger charge is 1.99. The lowest BCUT2D eigenvalue weighted by Crippen LogP contribution is -1.73. The van der Waals surface area contributed by atoms with E-state index in [9.17, 15) is 0 Å². The molecule has 0 saturated carbocycles. The quantitative estimate of drug-likeness (QED) is 0.518. The van der Waals surface area contributed by atoms with Crippen LogP contribution in [0.3, 0.4) is 0 Å². The average Bonchev–Trinajstić information content (AvgIpc) is 2.39. The molecule has 58 valence electrons. The Labute approximate surface area is 64.6 Å². The molecule has 1 aliphatic carbocycles. The summed E-state index contributed by atoms with van der Waals surface area (Å²) in [6, 6.07) is 0. The second-order valence-corrected chi connectivity index (χ2v) is 2.27. The van der Waals surface area contributed by atoms with Crippen LogP contribution >= 0.6 is 0 Å². The van der Waals surface area contributed by atoms with E-state index >= 15 is 0 Å². The topological polar surface area (TPSA) is 0 Å². The summed E-state index contributed by atoms with van der Waals surface area (Å²) in [5, 5.41) is 0. The van der Waals surface area contributed by atoms with Crippen LogP contribution in [0.2, 0.25) is 0 Å². The first-order chi connectivity index (χ1) is 4.84. The SMILES string of the molecule is CC.CCC1=C(C)CC=C1. The van der Waals surface area contributed by atoms with E-state index in [2.05, 4.69) is 26.0 Å². The maximum atomic E-state index is 2.23. The van der Waals surface area contributed by atoms with Gasteiger partial charge in [0.05, 0.1) is 0 Å². The third kappa shape index (κ3) is 2.38. The van der Waals surface area contributed by atoms with Crippen LogP contribution in [0, 0.1) is 0 Å². The molecule has 0 atom stereocenters. The Bertz CT molecular complexity index is 138. The molecule has 0 unspecified atom stereocenters. The van der Waals surface area contributed by atoms with Gasteiger partial charge >= 0.3 is 0 Å². The van der Waals surface area contributed by atoms with Gasteiger partial charge in [0.15, 0.2) is 0 Å². The van der Waals surface area contributed by atoms with E-state index in [0.717, 1.165) is 0 Å². The molecule has 0 aromatic heterocycles. The van der Waals surface area contributed by atoms with Crippen molar-refractivity contribution in [2.24, 2.45) is 0 Å². The summed E-state index contributed by atoms with van der Waals surface area (Å²) in [5.74, 6) is 0. The smallest absolute Gasteiger partial charge is 0.0133 e. The fraction of sp³-hybridized carbons (Fsp3) is 0.600. The van der Waals surface area contributed by atoms with E-state index in [0.29, 0.717) is 0 Å². The summed E-state index contributed by atoms with van der Waals surface area (Å²) < 4.78 is 0. The first-order valence-corrected chi connectivity index (χ1v) is 4.19. The number of allylic oxidation sites excluding steroid dienone is 4. The summed E-state index contributed by atoms with van der Waals surface area (Å²) in [6.45, 7) is 8.41. The molecule has 0 fully saturated rings. The van der Waals surface area contributed by atoms with Gasteiger partial charge in [-0.05, 0) is 25.3 Å². The van der Waals surface area contributed by atoms with E-state index in [1.807, 2.05) is 13.8 Å². The summed E-state index contributed by atoms with van der Waals surface area (Å²) in [4.78, 5) is 0. The zero-order chi connectivity index (χ0) is 7.98. The van der Waals surface area contributed by atoms with Crippen LogP contribution < -0.4 is 0 Å². The molecule has 0 heterocycles. The van der Waals surface area contributed by atoms with Gasteiger partial charge < -0.3 is 0 Å². The molecule has 0 amide bonds. The van der Waals surface area contributed by atoms with Gasteiger partial charge in [0.1, 0.15) is 0 Å². The van der Waals surface area contributed by atoms with Crippen LogP contribution in [0.1, 0.15) is 40.5 Å². The highest BCUT2D eigenvalue weighted by Crippen LogP contribution is 2.19. The molecular weight excluding hydrogens is 120 g/mol. The van der Waals surface area contributed by atoms with Gasteiger partial charge in [0.25, 0.3) is 0 Å². The lowest BCUT2D eigenvalue weighted by molar-refractivity contribution is 1.10. The number of hydrogen-bond donors (Lipinski definition) is 0. The van der Waals surface area contributed by atoms with Crippen molar-refractivity contribution in [3.8, 4) is 0 Å². The molecule has 0 aromatic carbocycles. The molecule has 0 aliphatic heterocycles. The fourth-order valence-electron chi connectivity index (χ4n) is 1.07. The van der Waals surface area contributed by atoms with Crippen molar-refractivity contribution in [3.05, 3.63) is 23.3 Å².